The standard InChI is InChI=1S/C8H12F3N3/c1-12-4-7-5-13-6-14(7)3-2-8(9,10)11/h5-6,12H,2-4H2,1H3. The average Bonchev–Trinajstić information content (AvgIpc) is 2.48. The van der Waals surface area contributed by atoms with Gasteiger partial charge in [-0.1, -0.05) is 0 Å². The van der Waals surface area contributed by atoms with Crippen LogP contribution < -0.4 is 5.32 Å². The van der Waals surface area contributed by atoms with Gasteiger partial charge < -0.3 is 9.88 Å². The maximum Gasteiger partial charge on any atom is 0.390 e. The van der Waals surface area contributed by atoms with Gasteiger partial charge in [0.1, 0.15) is 0 Å². The quantitative estimate of drug-likeness (QED) is 0.811. The Balaban J connectivity index is 2.53. The van der Waals surface area contributed by atoms with Gasteiger partial charge in [0, 0.05) is 19.3 Å². The first-order chi connectivity index (χ1) is 6.53. The van der Waals surface area contributed by atoms with E-state index in [1.165, 1.54) is 10.9 Å². The largest absolute Gasteiger partial charge is 0.390 e. The molecular formula is C8H12F3N3. The number of aromatic nitrogens is 2. The lowest BCUT2D eigenvalue weighted by Crippen LogP contribution is -2.15. The molecule has 1 N–H and O–H groups in total. The van der Waals surface area contributed by atoms with Crippen LogP contribution in [0.3, 0.4) is 0 Å². The van der Waals surface area contributed by atoms with Crippen molar-refractivity contribution in [3.05, 3.63) is 18.2 Å². The minimum atomic E-state index is -4.11. The van der Waals surface area contributed by atoms with E-state index in [2.05, 4.69) is 10.3 Å². The first kappa shape index (κ1) is 11.0. The van der Waals surface area contributed by atoms with Crippen molar-refractivity contribution in [2.45, 2.75) is 25.7 Å². The molecule has 0 bridgehead atoms. The summed E-state index contributed by atoms with van der Waals surface area (Å²) in [7, 11) is 1.74. The fraction of sp³-hybridized carbons (Fsp3) is 0.625. The molecule has 14 heavy (non-hydrogen) atoms. The van der Waals surface area contributed by atoms with Gasteiger partial charge in [-0.25, -0.2) is 4.98 Å². The maximum atomic E-state index is 11.9. The summed E-state index contributed by atoms with van der Waals surface area (Å²) in [5.74, 6) is 0. The highest BCUT2D eigenvalue weighted by atomic mass is 19.4. The SMILES string of the molecule is CNCc1cncn1CCC(F)(F)F. The van der Waals surface area contributed by atoms with Crippen LogP contribution in [0.25, 0.3) is 0 Å². The summed E-state index contributed by atoms with van der Waals surface area (Å²) in [4.78, 5) is 3.80. The topological polar surface area (TPSA) is 29.9 Å². The Kier molecular flexibility index (Phi) is 3.51. The molecule has 0 saturated carbocycles. The van der Waals surface area contributed by atoms with E-state index in [1.807, 2.05) is 0 Å². The fourth-order valence-electron chi connectivity index (χ4n) is 1.13. The molecule has 1 aromatic rings. The zero-order valence-electron chi connectivity index (χ0n) is 7.80. The van der Waals surface area contributed by atoms with E-state index in [0.29, 0.717) is 6.54 Å². The van der Waals surface area contributed by atoms with Crippen LogP contribution >= 0.6 is 0 Å². The van der Waals surface area contributed by atoms with Gasteiger partial charge in [-0.15, -0.1) is 0 Å². The summed E-state index contributed by atoms with van der Waals surface area (Å²) in [5.41, 5.74) is 0.761. The molecule has 1 rings (SSSR count). The highest BCUT2D eigenvalue weighted by molar-refractivity contribution is 4.97. The lowest BCUT2D eigenvalue weighted by Gasteiger charge is -2.09. The molecule has 0 aliphatic heterocycles. The lowest BCUT2D eigenvalue weighted by molar-refractivity contribution is -0.136. The normalized spacial score (nSPS) is 12.0. The van der Waals surface area contributed by atoms with Crippen molar-refractivity contribution in [3.63, 3.8) is 0 Å². The van der Waals surface area contributed by atoms with Crippen LogP contribution in [0.1, 0.15) is 12.1 Å². The van der Waals surface area contributed by atoms with Crippen molar-refractivity contribution in [1.82, 2.24) is 14.9 Å². The minimum Gasteiger partial charge on any atom is -0.333 e. The third-order valence-corrected chi connectivity index (χ3v) is 1.79. The Morgan fingerprint density at radius 2 is 2.21 bits per heavy atom. The number of hydrogen-bond acceptors (Lipinski definition) is 2. The van der Waals surface area contributed by atoms with Gasteiger partial charge >= 0.3 is 6.18 Å². The molecule has 0 aliphatic carbocycles. The van der Waals surface area contributed by atoms with Crippen molar-refractivity contribution in [1.29, 1.82) is 0 Å². The molecule has 0 amide bonds. The Hall–Kier alpha value is -1.04. The third kappa shape index (κ3) is 3.37. The van der Waals surface area contributed by atoms with Crippen molar-refractivity contribution in [3.8, 4) is 0 Å². The molecule has 80 valence electrons. The van der Waals surface area contributed by atoms with Gasteiger partial charge in [0.2, 0.25) is 0 Å². The van der Waals surface area contributed by atoms with E-state index in [0.717, 1.165) is 5.69 Å². The Morgan fingerprint density at radius 3 is 2.79 bits per heavy atom. The first-order valence-electron chi connectivity index (χ1n) is 4.23. The number of halogens is 3. The van der Waals surface area contributed by atoms with E-state index in [4.69, 9.17) is 0 Å². The van der Waals surface area contributed by atoms with E-state index >= 15 is 0 Å². The smallest absolute Gasteiger partial charge is 0.333 e. The van der Waals surface area contributed by atoms with Crippen molar-refractivity contribution >= 4 is 0 Å². The fourth-order valence-corrected chi connectivity index (χ4v) is 1.13. The number of rotatable bonds is 4. The van der Waals surface area contributed by atoms with Crippen LogP contribution in [0.15, 0.2) is 12.5 Å². The second-order valence-corrected chi connectivity index (χ2v) is 2.97. The number of nitrogens with zero attached hydrogens (tertiary/aromatic N) is 2. The lowest BCUT2D eigenvalue weighted by atomic mass is 10.4. The van der Waals surface area contributed by atoms with Crippen molar-refractivity contribution in [2.24, 2.45) is 0 Å². The monoisotopic (exact) mass is 207 g/mol. The predicted octanol–water partition coefficient (Wildman–Crippen LogP) is 1.55. The molecule has 0 atom stereocenters. The summed E-state index contributed by atoms with van der Waals surface area (Å²) in [6.45, 7) is 0.457. The zero-order chi connectivity index (χ0) is 10.6. The molecule has 0 aliphatic rings. The molecule has 1 aromatic heterocycles. The first-order valence-corrected chi connectivity index (χ1v) is 4.23. The Labute approximate surface area is 79.9 Å². The molecule has 0 radical (unpaired) electrons. The summed E-state index contributed by atoms with van der Waals surface area (Å²) in [5, 5.41) is 2.87. The number of imidazole rings is 1. The predicted molar refractivity (Wildman–Crippen MR) is 45.7 cm³/mol. The third-order valence-electron chi connectivity index (χ3n) is 1.79. The van der Waals surface area contributed by atoms with Gasteiger partial charge in [-0.05, 0) is 7.05 Å². The number of aryl methyl sites for hydroxylation is 1. The molecule has 1 heterocycles. The Bertz CT molecular complexity index is 280. The molecule has 0 spiro atoms. The van der Waals surface area contributed by atoms with Crippen molar-refractivity contribution < 1.29 is 13.2 Å². The molecule has 0 saturated heterocycles. The Morgan fingerprint density at radius 1 is 1.50 bits per heavy atom. The molecule has 6 heteroatoms. The minimum absolute atomic E-state index is 0.0689. The van der Waals surface area contributed by atoms with Gasteiger partial charge in [0.25, 0.3) is 0 Å². The van der Waals surface area contributed by atoms with Crippen LogP contribution in [0.4, 0.5) is 13.2 Å². The highest BCUT2D eigenvalue weighted by Crippen LogP contribution is 2.20. The van der Waals surface area contributed by atoms with Gasteiger partial charge in [-0.2, -0.15) is 13.2 Å². The second kappa shape index (κ2) is 4.45. The second-order valence-electron chi connectivity index (χ2n) is 2.97. The van der Waals surface area contributed by atoms with Crippen LogP contribution in [-0.2, 0) is 13.1 Å². The summed E-state index contributed by atoms with van der Waals surface area (Å²) in [6, 6.07) is 0. The summed E-state index contributed by atoms with van der Waals surface area (Å²) >= 11 is 0. The molecule has 0 aromatic carbocycles. The van der Waals surface area contributed by atoms with Crippen LogP contribution in [-0.4, -0.2) is 22.8 Å². The van der Waals surface area contributed by atoms with E-state index in [1.54, 1.807) is 13.2 Å². The number of nitrogens with one attached hydrogen (secondary N) is 1. The van der Waals surface area contributed by atoms with E-state index < -0.39 is 12.6 Å². The summed E-state index contributed by atoms with van der Waals surface area (Å²) < 4.78 is 37.3. The van der Waals surface area contributed by atoms with Gasteiger partial charge in [0.05, 0.1) is 18.4 Å². The van der Waals surface area contributed by atoms with Gasteiger partial charge in [-0.3, -0.25) is 0 Å². The molecule has 3 nitrogen and oxygen atoms in total. The van der Waals surface area contributed by atoms with Gasteiger partial charge in [0.15, 0.2) is 0 Å². The number of hydrogen-bond donors (Lipinski definition) is 1. The molecule has 0 fully saturated rings. The molecular weight excluding hydrogens is 195 g/mol. The highest BCUT2D eigenvalue weighted by Gasteiger charge is 2.26. The van der Waals surface area contributed by atoms with Crippen LogP contribution in [0.2, 0.25) is 0 Å². The maximum absolute atomic E-state index is 11.9. The van der Waals surface area contributed by atoms with Crippen LogP contribution in [0.5, 0.6) is 0 Å². The molecule has 0 unspecified atom stereocenters. The number of alkyl halides is 3. The van der Waals surface area contributed by atoms with E-state index in [-0.39, 0.29) is 6.54 Å². The average molecular weight is 207 g/mol. The van der Waals surface area contributed by atoms with Crippen molar-refractivity contribution in [2.75, 3.05) is 7.05 Å². The zero-order valence-corrected chi connectivity index (χ0v) is 7.80. The van der Waals surface area contributed by atoms with E-state index in [9.17, 15) is 13.2 Å². The van der Waals surface area contributed by atoms with Crippen LogP contribution in [0, 0.1) is 0 Å². The summed E-state index contributed by atoms with van der Waals surface area (Å²) in [6.07, 6.45) is -1.95.